The molecule has 3 nitrogen and oxygen atoms in total. The second kappa shape index (κ2) is 6.88. The Morgan fingerprint density at radius 3 is 2.95 bits per heavy atom. The van der Waals surface area contributed by atoms with E-state index in [0.717, 1.165) is 28.7 Å². The molecule has 1 atom stereocenters. The molecule has 0 spiro atoms. The highest BCUT2D eigenvalue weighted by Gasteiger charge is 2.23. The number of fused-ring (bicyclic) bond motifs is 1. The minimum absolute atomic E-state index is 0.0814. The van der Waals surface area contributed by atoms with Crippen LogP contribution >= 0.6 is 23.5 Å². The average molecular weight is 320 g/mol. The zero-order valence-electron chi connectivity index (χ0n) is 12.2. The molecule has 1 aliphatic heterocycles. The lowest BCUT2D eigenvalue weighted by molar-refractivity contribution is -0.120. The molecule has 1 unspecified atom stereocenters. The van der Waals surface area contributed by atoms with Crippen molar-refractivity contribution in [3.63, 3.8) is 0 Å². The molecule has 21 heavy (non-hydrogen) atoms. The van der Waals surface area contributed by atoms with Crippen molar-refractivity contribution >= 4 is 39.5 Å². The van der Waals surface area contributed by atoms with Crippen LogP contribution in [0.25, 0.3) is 0 Å². The van der Waals surface area contributed by atoms with Gasteiger partial charge in [0.15, 0.2) is 0 Å². The zero-order chi connectivity index (χ0) is 14.7. The van der Waals surface area contributed by atoms with Gasteiger partial charge in [-0.05, 0) is 31.4 Å². The lowest BCUT2D eigenvalue weighted by Crippen LogP contribution is -2.38. The van der Waals surface area contributed by atoms with Gasteiger partial charge < -0.3 is 5.32 Å². The monoisotopic (exact) mass is 320 g/mol. The van der Waals surface area contributed by atoms with Gasteiger partial charge >= 0.3 is 0 Å². The summed E-state index contributed by atoms with van der Waals surface area (Å²) in [5.74, 6) is 1.09. The van der Waals surface area contributed by atoms with Crippen LogP contribution in [0.5, 0.6) is 0 Å². The van der Waals surface area contributed by atoms with Gasteiger partial charge in [-0.15, -0.1) is 0 Å². The molecule has 1 heterocycles. The number of benzene rings is 1. The summed E-state index contributed by atoms with van der Waals surface area (Å²) < 4.78 is 1.00. The molecule has 1 saturated carbocycles. The second-order valence-electron chi connectivity index (χ2n) is 5.55. The first-order valence-corrected chi connectivity index (χ1v) is 9.35. The van der Waals surface area contributed by atoms with Crippen LogP contribution in [-0.4, -0.2) is 21.6 Å². The molecule has 5 heteroatoms. The fourth-order valence-corrected chi connectivity index (χ4v) is 4.86. The molecule has 1 amide bonds. The van der Waals surface area contributed by atoms with Crippen molar-refractivity contribution in [2.75, 3.05) is 0 Å². The predicted molar refractivity (Wildman–Crippen MR) is 92.3 cm³/mol. The fraction of sp³-hybridized carbons (Fsp3) is 0.500. The summed E-state index contributed by atoms with van der Waals surface area (Å²) in [5.41, 5.74) is 2.32. The summed E-state index contributed by atoms with van der Waals surface area (Å²) in [6, 6.07) is 8.60. The first-order valence-electron chi connectivity index (χ1n) is 7.49. The molecule has 1 aromatic carbocycles. The minimum Gasteiger partial charge on any atom is -0.352 e. The minimum atomic E-state index is -0.0814. The van der Waals surface area contributed by atoms with Crippen molar-refractivity contribution < 1.29 is 4.79 Å². The van der Waals surface area contributed by atoms with E-state index in [-0.39, 0.29) is 11.2 Å². The molecule has 0 aromatic heterocycles. The molecule has 1 aromatic rings. The van der Waals surface area contributed by atoms with E-state index in [1.165, 1.54) is 18.4 Å². The lowest BCUT2D eigenvalue weighted by Gasteiger charge is -2.19. The van der Waals surface area contributed by atoms with Crippen LogP contribution in [0.2, 0.25) is 0 Å². The van der Waals surface area contributed by atoms with E-state index >= 15 is 0 Å². The number of para-hydroxylation sites is 1. The Hall–Kier alpha value is -0.940. The Balaban J connectivity index is 1.58. The number of hydrogen-bond acceptors (Lipinski definition) is 4. The van der Waals surface area contributed by atoms with E-state index in [9.17, 15) is 4.79 Å². The van der Waals surface area contributed by atoms with Crippen molar-refractivity contribution in [2.45, 2.75) is 49.7 Å². The van der Waals surface area contributed by atoms with Crippen LogP contribution in [0.3, 0.4) is 0 Å². The molecule has 0 radical (unpaired) electrons. The standard InChI is InChI=1S/C16H20N2OS2/c1-11(15(19)17-13-7-3-4-8-13)21-16-18-14-9-5-2-6-12(14)10-20-16/h2,5-6,9,11,13H,3-4,7-8,10H2,1H3,(H,17,19). The quantitative estimate of drug-likeness (QED) is 0.911. The van der Waals surface area contributed by atoms with Crippen molar-refractivity contribution in [1.29, 1.82) is 0 Å². The molecule has 1 N–H and O–H groups in total. The third-order valence-corrected chi connectivity index (χ3v) is 6.20. The van der Waals surface area contributed by atoms with Gasteiger partial charge in [-0.25, -0.2) is 4.99 Å². The van der Waals surface area contributed by atoms with Gasteiger partial charge in [0.2, 0.25) is 5.91 Å². The van der Waals surface area contributed by atoms with Crippen molar-refractivity contribution in [2.24, 2.45) is 4.99 Å². The smallest absolute Gasteiger partial charge is 0.233 e. The Bertz CT molecular complexity index is 553. The average Bonchev–Trinajstić information content (AvgIpc) is 3.00. The van der Waals surface area contributed by atoms with Gasteiger partial charge in [-0.2, -0.15) is 0 Å². The molecule has 0 saturated heterocycles. The summed E-state index contributed by atoms with van der Waals surface area (Å²) in [6.45, 7) is 1.97. The third kappa shape index (κ3) is 3.83. The summed E-state index contributed by atoms with van der Waals surface area (Å²) in [6.07, 6.45) is 4.75. The summed E-state index contributed by atoms with van der Waals surface area (Å²) in [4.78, 5) is 16.9. The van der Waals surface area contributed by atoms with Gasteiger partial charge in [0.25, 0.3) is 0 Å². The van der Waals surface area contributed by atoms with Crippen LogP contribution in [-0.2, 0) is 10.5 Å². The predicted octanol–water partition coefficient (Wildman–Crippen LogP) is 4.10. The van der Waals surface area contributed by atoms with Gasteiger partial charge in [0.1, 0.15) is 4.38 Å². The van der Waals surface area contributed by atoms with E-state index in [1.54, 1.807) is 23.5 Å². The normalized spacial score (nSPS) is 19.8. The topological polar surface area (TPSA) is 41.5 Å². The SMILES string of the molecule is CC(SC1=Nc2ccccc2CS1)C(=O)NC1CCCC1. The number of amides is 1. The maximum Gasteiger partial charge on any atom is 0.233 e. The van der Waals surface area contributed by atoms with E-state index in [0.29, 0.717) is 6.04 Å². The second-order valence-corrected chi connectivity index (χ2v) is 8.10. The van der Waals surface area contributed by atoms with Crippen molar-refractivity contribution in [3.05, 3.63) is 29.8 Å². The Morgan fingerprint density at radius 2 is 2.14 bits per heavy atom. The molecule has 1 aliphatic carbocycles. The molecule has 2 aliphatic rings. The largest absolute Gasteiger partial charge is 0.352 e. The molecule has 1 fully saturated rings. The van der Waals surface area contributed by atoms with Crippen LogP contribution in [0.1, 0.15) is 38.2 Å². The van der Waals surface area contributed by atoms with Gasteiger partial charge in [-0.3, -0.25) is 4.79 Å². The van der Waals surface area contributed by atoms with Crippen LogP contribution in [0.4, 0.5) is 5.69 Å². The number of carbonyl (C=O) groups is 1. The fourth-order valence-electron chi connectivity index (χ4n) is 2.67. The maximum atomic E-state index is 12.2. The molecule has 0 bridgehead atoms. The Labute approximate surface area is 134 Å². The van der Waals surface area contributed by atoms with E-state index in [1.807, 2.05) is 25.1 Å². The highest BCUT2D eigenvalue weighted by atomic mass is 32.2. The maximum absolute atomic E-state index is 12.2. The number of aliphatic imine (C=N–C) groups is 1. The van der Waals surface area contributed by atoms with Gasteiger partial charge in [0.05, 0.1) is 10.9 Å². The molecule has 112 valence electrons. The summed E-state index contributed by atoms with van der Waals surface area (Å²) in [7, 11) is 0. The van der Waals surface area contributed by atoms with E-state index in [2.05, 4.69) is 16.4 Å². The number of nitrogens with zero attached hydrogens (tertiary/aromatic N) is 1. The van der Waals surface area contributed by atoms with Gasteiger partial charge in [0, 0.05) is 11.8 Å². The summed E-state index contributed by atoms with van der Waals surface area (Å²) in [5, 5.41) is 3.08. The highest BCUT2D eigenvalue weighted by molar-refractivity contribution is 8.39. The van der Waals surface area contributed by atoms with Crippen LogP contribution in [0, 0.1) is 0 Å². The summed E-state index contributed by atoms with van der Waals surface area (Å²) >= 11 is 3.30. The number of carbonyl (C=O) groups excluding carboxylic acids is 1. The van der Waals surface area contributed by atoms with Gasteiger partial charge in [-0.1, -0.05) is 54.6 Å². The molecular formula is C16H20N2OS2. The lowest BCUT2D eigenvalue weighted by atomic mass is 10.2. The number of rotatable bonds is 3. The third-order valence-electron chi connectivity index (χ3n) is 3.90. The highest BCUT2D eigenvalue weighted by Crippen LogP contribution is 2.35. The van der Waals surface area contributed by atoms with Crippen LogP contribution < -0.4 is 5.32 Å². The first kappa shape index (κ1) is 15.0. The van der Waals surface area contributed by atoms with E-state index < -0.39 is 0 Å². The zero-order valence-corrected chi connectivity index (χ0v) is 13.8. The van der Waals surface area contributed by atoms with Crippen molar-refractivity contribution in [3.8, 4) is 0 Å². The molecular weight excluding hydrogens is 300 g/mol. The van der Waals surface area contributed by atoms with E-state index in [4.69, 9.17) is 0 Å². The number of nitrogens with one attached hydrogen (secondary N) is 1. The Kier molecular flexibility index (Phi) is 4.91. The van der Waals surface area contributed by atoms with Crippen molar-refractivity contribution in [1.82, 2.24) is 5.32 Å². The first-order chi connectivity index (χ1) is 10.2. The van der Waals surface area contributed by atoms with Crippen LogP contribution in [0.15, 0.2) is 29.3 Å². The number of thioether (sulfide) groups is 2. The molecule has 3 rings (SSSR count). The Morgan fingerprint density at radius 1 is 1.38 bits per heavy atom. The number of hydrogen-bond donors (Lipinski definition) is 1.